The van der Waals surface area contributed by atoms with Crippen molar-refractivity contribution in [1.29, 1.82) is 0 Å². The Kier molecular flexibility index (Phi) is 4.48. The van der Waals surface area contributed by atoms with Crippen molar-refractivity contribution < 1.29 is 9.53 Å². The van der Waals surface area contributed by atoms with Gasteiger partial charge in [-0.2, -0.15) is 0 Å². The van der Waals surface area contributed by atoms with Gasteiger partial charge in [0.2, 0.25) is 0 Å². The first-order valence-corrected chi connectivity index (χ1v) is 6.31. The van der Waals surface area contributed by atoms with Crippen molar-refractivity contribution in [2.75, 3.05) is 7.11 Å². The molecular weight excluding hydrogens is 276 g/mol. The van der Waals surface area contributed by atoms with E-state index in [9.17, 15) is 4.79 Å². The van der Waals surface area contributed by atoms with Crippen LogP contribution in [0.15, 0.2) is 24.5 Å². The number of rotatable bonds is 4. The van der Waals surface area contributed by atoms with Gasteiger partial charge < -0.3 is 4.74 Å². The van der Waals surface area contributed by atoms with Gasteiger partial charge in [-0.25, -0.2) is 9.97 Å². The molecule has 0 N–H and O–H groups in total. The highest BCUT2D eigenvalue weighted by atomic mass is 35.5. The lowest BCUT2D eigenvalue weighted by Crippen LogP contribution is -1.90. The molecule has 20 heavy (non-hydrogen) atoms. The van der Waals surface area contributed by atoms with Crippen LogP contribution in [-0.2, 0) is 0 Å². The molecule has 1 aromatic carbocycles. The largest absolute Gasteiger partial charge is 0.495 e. The summed E-state index contributed by atoms with van der Waals surface area (Å²) >= 11 is 6.21. The zero-order valence-corrected chi connectivity index (χ0v) is 11.9. The number of aromatic nitrogens is 2. The fourth-order valence-corrected chi connectivity index (χ4v) is 1.90. The van der Waals surface area contributed by atoms with Crippen LogP contribution >= 0.6 is 11.6 Å². The SMILES string of the molecule is COc1cc(C=O)cc(/C=C/c2cnc(C)nc2)c1Cl. The Balaban J connectivity index is 2.37. The topological polar surface area (TPSA) is 52.1 Å². The Morgan fingerprint density at radius 2 is 1.85 bits per heavy atom. The minimum Gasteiger partial charge on any atom is -0.495 e. The van der Waals surface area contributed by atoms with Crippen LogP contribution < -0.4 is 4.74 Å². The lowest BCUT2D eigenvalue weighted by Gasteiger charge is -2.07. The normalized spacial score (nSPS) is 10.8. The van der Waals surface area contributed by atoms with Gasteiger partial charge in [-0.1, -0.05) is 23.8 Å². The number of aldehydes is 1. The summed E-state index contributed by atoms with van der Waals surface area (Å²) in [6.45, 7) is 1.82. The van der Waals surface area contributed by atoms with Gasteiger partial charge in [-0.3, -0.25) is 4.79 Å². The Morgan fingerprint density at radius 1 is 1.15 bits per heavy atom. The number of nitrogens with zero attached hydrogens (tertiary/aromatic N) is 2. The average molecular weight is 289 g/mol. The molecular formula is C15H13ClN2O2. The summed E-state index contributed by atoms with van der Waals surface area (Å²) in [7, 11) is 1.51. The summed E-state index contributed by atoms with van der Waals surface area (Å²) < 4.78 is 5.15. The van der Waals surface area contributed by atoms with Crippen molar-refractivity contribution in [3.05, 3.63) is 52.1 Å². The van der Waals surface area contributed by atoms with Crippen LogP contribution in [0.4, 0.5) is 0 Å². The third-order valence-corrected chi connectivity index (χ3v) is 3.11. The average Bonchev–Trinajstić information content (AvgIpc) is 2.48. The maximum Gasteiger partial charge on any atom is 0.150 e. The first-order valence-electron chi connectivity index (χ1n) is 5.93. The third-order valence-electron chi connectivity index (χ3n) is 2.70. The minimum absolute atomic E-state index is 0.461. The first kappa shape index (κ1) is 14.2. The van der Waals surface area contributed by atoms with Gasteiger partial charge in [-0.15, -0.1) is 0 Å². The van der Waals surface area contributed by atoms with Crippen LogP contribution in [0.3, 0.4) is 0 Å². The lowest BCUT2D eigenvalue weighted by atomic mass is 10.1. The zero-order chi connectivity index (χ0) is 14.5. The van der Waals surface area contributed by atoms with Crippen molar-refractivity contribution in [3.8, 4) is 5.75 Å². The predicted molar refractivity (Wildman–Crippen MR) is 79.1 cm³/mol. The maximum atomic E-state index is 10.9. The van der Waals surface area contributed by atoms with E-state index in [1.807, 2.05) is 13.0 Å². The van der Waals surface area contributed by atoms with Crippen LogP contribution in [0.5, 0.6) is 5.75 Å². The summed E-state index contributed by atoms with van der Waals surface area (Å²) in [5.74, 6) is 1.18. The number of aryl methyl sites for hydroxylation is 1. The van der Waals surface area contributed by atoms with E-state index in [0.717, 1.165) is 11.8 Å². The van der Waals surface area contributed by atoms with E-state index in [1.165, 1.54) is 7.11 Å². The lowest BCUT2D eigenvalue weighted by molar-refractivity contribution is 0.112. The number of hydrogen-bond acceptors (Lipinski definition) is 4. The molecule has 0 unspecified atom stereocenters. The van der Waals surface area contributed by atoms with Gasteiger partial charge in [0.05, 0.1) is 12.1 Å². The minimum atomic E-state index is 0.461. The van der Waals surface area contributed by atoms with Gasteiger partial charge in [0.15, 0.2) is 0 Å². The smallest absolute Gasteiger partial charge is 0.150 e. The standard InChI is InChI=1S/C15H13ClN2O2/c1-10-17-7-11(8-18-10)3-4-13-5-12(9-19)6-14(20-2)15(13)16/h3-9H,1-2H3/b4-3+. The Morgan fingerprint density at radius 3 is 2.45 bits per heavy atom. The Bertz CT molecular complexity index is 652. The summed E-state index contributed by atoms with van der Waals surface area (Å²) in [5, 5.41) is 0.461. The fourth-order valence-electron chi connectivity index (χ4n) is 1.65. The molecule has 0 saturated heterocycles. The molecule has 0 fully saturated rings. The third kappa shape index (κ3) is 3.22. The molecule has 0 amide bonds. The maximum absolute atomic E-state index is 10.9. The molecule has 2 aromatic rings. The molecule has 1 aromatic heterocycles. The zero-order valence-electron chi connectivity index (χ0n) is 11.1. The van der Waals surface area contributed by atoms with Gasteiger partial charge in [0.25, 0.3) is 0 Å². The highest BCUT2D eigenvalue weighted by Crippen LogP contribution is 2.30. The van der Waals surface area contributed by atoms with E-state index in [2.05, 4.69) is 9.97 Å². The van der Waals surface area contributed by atoms with Crippen molar-refractivity contribution in [2.45, 2.75) is 6.92 Å². The Hall–Kier alpha value is -2.20. The first-order chi connectivity index (χ1) is 9.63. The number of carbonyl (C=O) groups is 1. The number of benzene rings is 1. The van der Waals surface area contributed by atoms with E-state index in [4.69, 9.17) is 16.3 Å². The van der Waals surface area contributed by atoms with Gasteiger partial charge in [0.1, 0.15) is 17.9 Å². The number of ether oxygens (including phenoxy) is 1. The number of methoxy groups -OCH3 is 1. The summed E-state index contributed by atoms with van der Waals surface area (Å²) in [4.78, 5) is 19.1. The molecule has 0 aliphatic rings. The summed E-state index contributed by atoms with van der Waals surface area (Å²) in [6.07, 6.45) is 7.81. The monoisotopic (exact) mass is 288 g/mol. The van der Waals surface area contributed by atoms with Crippen molar-refractivity contribution in [2.24, 2.45) is 0 Å². The fraction of sp³-hybridized carbons (Fsp3) is 0.133. The molecule has 5 heteroatoms. The molecule has 0 radical (unpaired) electrons. The predicted octanol–water partition coefficient (Wildman–Crippen LogP) is 3.43. The summed E-state index contributed by atoms with van der Waals surface area (Å²) in [5.41, 5.74) is 2.06. The number of halogens is 1. The molecule has 0 spiro atoms. The molecule has 1 heterocycles. The highest BCUT2D eigenvalue weighted by molar-refractivity contribution is 6.33. The second kappa shape index (κ2) is 6.30. The second-order valence-electron chi connectivity index (χ2n) is 4.14. The van der Waals surface area contributed by atoms with Crippen LogP contribution in [0.2, 0.25) is 5.02 Å². The molecule has 0 saturated carbocycles. The quantitative estimate of drug-likeness (QED) is 0.809. The highest BCUT2D eigenvalue weighted by Gasteiger charge is 2.07. The molecule has 0 aliphatic heterocycles. The van der Waals surface area contributed by atoms with Gasteiger partial charge in [-0.05, 0) is 24.6 Å². The number of hydrogen-bond donors (Lipinski definition) is 0. The Labute approximate surface area is 122 Å². The molecule has 4 nitrogen and oxygen atoms in total. The van der Waals surface area contributed by atoms with Gasteiger partial charge in [0, 0.05) is 23.5 Å². The van der Waals surface area contributed by atoms with Crippen LogP contribution in [0, 0.1) is 6.92 Å². The molecule has 102 valence electrons. The van der Waals surface area contributed by atoms with Crippen LogP contribution in [0.1, 0.15) is 27.3 Å². The summed E-state index contributed by atoms with van der Waals surface area (Å²) in [6, 6.07) is 3.30. The van der Waals surface area contributed by atoms with Gasteiger partial charge >= 0.3 is 0 Å². The molecule has 0 aliphatic carbocycles. The second-order valence-corrected chi connectivity index (χ2v) is 4.52. The van der Waals surface area contributed by atoms with Crippen molar-refractivity contribution in [3.63, 3.8) is 0 Å². The van der Waals surface area contributed by atoms with E-state index in [1.54, 1.807) is 30.6 Å². The molecule has 0 atom stereocenters. The van der Waals surface area contributed by atoms with E-state index in [0.29, 0.717) is 27.7 Å². The van der Waals surface area contributed by atoms with Crippen LogP contribution in [0.25, 0.3) is 12.2 Å². The van der Waals surface area contributed by atoms with E-state index < -0.39 is 0 Å². The molecule has 2 rings (SSSR count). The van der Waals surface area contributed by atoms with E-state index in [-0.39, 0.29) is 0 Å². The van der Waals surface area contributed by atoms with Crippen LogP contribution in [-0.4, -0.2) is 23.4 Å². The molecule has 0 bridgehead atoms. The number of carbonyl (C=O) groups excluding carboxylic acids is 1. The van der Waals surface area contributed by atoms with Crippen molar-refractivity contribution in [1.82, 2.24) is 9.97 Å². The van der Waals surface area contributed by atoms with E-state index >= 15 is 0 Å². The van der Waals surface area contributed by atoms with Crippen molar-refractivity contribution >= 4 is 30.0 Å².